The van der Waals surface area contributed by atoms with Crippen LogP contribution in [0, 0.1) is 5.92 Å². The number of hydrazone groups is 1. The summed E-state index contributed by atoms with van der Waals surface area (Å²) < 4.78 is 16.4. The maximum atomic E-state index is 13.1. The molecule has 1 fully saturated rings. The van der Waals surface area contributed by atoms with Gasteiger partial charge in [-0.05, 0) is 66.6 Å². The number of carbonyl (C=O) groups is 2. The van der Waals surface area contributed by atoms with Gasteiger partial charge in [0, 0.05) is 10.8 Å². The number of fused-ring (bicyclic) bond motifs is 1. The Bertz CT molecular complexity index is 1130. The Hall–Kier alpha value is -3.39. The molecule has 3 aromatic heterocycles. The fourth-order valence-electron chi connectivity index (χ4n) is 4.31. The van der Waals surface area contributed by atoms with E-state index in [0.717, 1.165) is 41.2 Å². The van der Waals surface area contributed by atoms with Gasteiger partial charge in [0.25, 0.3) is 5.91 Å². The van der Waals surface area contributed by atoms with Gasteiger partial charge in [0.1, 0.15) is 17.6 Å². The van der Waals surface area contributed by atoms with Gasteiger partial charge in [-0.2, -0.15) is 5.10 Å². The lowest BCUT2D eigenvalue weighted by molar-refractivity contribution is -0.152. The lowest BCUT2D eigenvalue weighted by atomic mass is 9.79. The van der Waals surface area contributed by atoms with E-state index in [4.69, 9.17) is 18.7 Å². The molecule has 0 radical (unpaired) electrons. The molecule has 8 heteroatoms. The zero-order valence-corrected chi connectivity index (χ0v) is 18.1. The lowest BCUT2D eigenvalue weighted by Gasteiger charge is -2.27. The Morgan fingerprint density at radius 2 is 2.06 bits per heavy atom. The largest absolute Gasteiger partial charge is 0.467 e. The minimum absolute atomic E-state index is 0.0156. The molecule has 32 heavy (non-hydrogen) atoms. The van der Waals surface area contributed by atoms with E-state index in [1.54, 1.807) is 18.6 Å². The molecular weight excluding hydrogens is 428 g/mol. The highest BCUT2D eigenvalue weighted by molar-refractivity contribution is 7.10. The topological polar surface area (TPSA) is 85.3 Å². The van der Waals surface area contributed by atoms with Crippen molar-refractivity contribution in [1.82, 2.24) is 5.01 Å². The predicted molar refractivity (Wildman–Crippen MR) is 119 cm³/mol. The third-order valence-corrected chi connectivity index (χ3v) is 6.58. The van der Waals surface area contributed by atoms with E-state index >= 15 is 0 Å². The highest BCUT2D eigenvalue weighted by Crippen LogP contribution is 2.44. The number of furan rings is 2. The summed E-state index contributed by atoms with van der Waals surface area (Å²) in [5.41, 5.74) is 1.92. The van der Waals surface area contributed by atoms with E-state index in [0.29, 0.717) is 5.76 Å². The van der Waals surface area contributed by atoms with Crippen LogP contribution in [0.1, 0.15) is 41.7 Å². The van der Waals surface area contributed by atoms with Gasteiger partial charge in [-0.15, -0.1) is 11.3 Å². The van der Waals surface area contributed by atoms with Gasteiger partial charge in [-0.25, -0.2) is 5.01 Å². The molecule has 5 rings (SSSR count). The van der Waals surface area contributed by atoms with Crippen molar-refractivity contribution in [1.29, 1.82) is 0 Å². The van der Waals surface area contributed by atoms with Gasteiger partial charge in [0.05, 0.1) is 24.7 Å². The summed E-state index contributed by atoms with van der Waals surface area (Å²) in [6.07, 6.45) is 8.10. The Morgan fingerprint density at radius 1 is 1.19 bits per heavy atom. The first-order chi connectivity index (χ1) is 15.7. The van der Waals surface area contributed by atoms with Gasteiger partial charge in [0.15, 0.2) is 6.61 Å². The molecule has 0 bridgehead atoms. The highest BCUT2D eigenvalue weighted by atomic mass is 32.1. The lowest BCUT2D eigenvalue weighted by Crippen LogP contribution is -2.34. The SMILES string of the molecule is O=C(Cc1cccs1)OCC(=O)N1N=C2/C(=C/c3ccco3)CCCC2C1c1ccco1. The summed E-state index contributed by atoms with van der Waals surface area (Å²) >= 11 is 1.48. The van der Waals surface area contributed by atoms with E-state index in [-0.39, 0.29) is 30.9 Å². The third-order valence-electron chi connectivity index (χ3n) is 5.71. The Labute approximate surface area is 189 Å². The van der Waals surface area contributed by atoms with Crippen molar-refractivity contribution in [3.8, 4) is 0 Å². The molecular formula is C24H22N2O5S. The first-order valence-corrected chi connectivity index (χ1v) is 11.4. The second-order valence-corrected chi connectivity index (χ2v) is 8.82. The molecule has 4 heterocycles. The van der Waals surface area contributed by atoms with Crippen LogP contribution in [0.15, 0.2) is 73.8 Å². The van der Waals surface area contributed by atoms with Crippen LogP contribution in [0.4, 0.5) is 0 Å². The summed E-state index contributed by atoms with van der Waals surface area (Å²) in [5.74, 6) is 0.640. The summed E-state index contributed by atoms with van der Waals surface area (Å²) in [6, 6.07) is 10.8. The van der Waals surface area contributed by atoms with Crippen LogP contribution >= 0.6 is 11.3 Å². The van der Waals surface area contributed by atoms with Crippen LogP contribution in [0.5, 0.6) is 0 Å². The van der Waals surface area contributed by atoms with Crippen molar-refractivity contribution in [2.45, 2.75) is 31.7 Å². The molecule has 2 atom stereocenters. The molecule has 7 nitrogen and oxygen atoms in total. The summed E-state index contributed by atoms with van der Waals surface area (Å²) in [6.45, 7) is -0.359. The molecule has 0 N–H and O–H groups in total. The van der Waals surface area contributed by atoms with E-state index in [2.05, 4.69) is 0 Å². The highest BCUT2D eigenvalue weighted by Gasteiger charge is 2.45. The monoisotopic (exact) mass is 450 g/mol. The molecule has 164 valence electrons. The molecule has 0 spiro atoms. The number of hydrogen-bond donors (Lipinski definition) is 0. The maximum absolute atomic E-state index is 13.1. The van der Waals surface area contributed by atoms with Gasteiger partial charge in [-0.3, -0.25) is 9.59 Å². The molecule has 0 saturated heterocycles. The van der Waals surface area contributed by atoms with Crippen molar-refractivity contribution in [3.05, 3.63) is 76.3 Å². The first-order valence-electron chi connectivity index (χ1n) is 10.6. The number of esters is 1. The van der Waals surface area contributed by atoms with E-state index < -0.39 is 5.97 Å². The van der Waals surface area contributed by atoms with Crippen LogP contribution in [0.3, 0.4) is 0 Å². The molecule has 0 aromatic carbocycles. The van der Waals surface area contributed by atoms with Crippen molar-refractivity contribution in [2.24, 2.45) is 11.0 Å². The smallest absolute Gasteiger partial charge is 0.311 e. The Morgan fingerprint density at radius 3 is 2.81 bits per heavy atom. The average Bonchev–Trinajstić information content (AvgIpc) is 3.59. The van der Waals surface area contributed by atoms with Gasteiger partial charge in [0.2, 0.25) is 0 Å². The van der Waals surface area contributed by atoms with Crippen molar-refractivity contribution >= 4 is 35.0 Å². The summed E-state index contributed by atoms with van der Waals surface area (Å²) in [5, 5.41) is 8.03. The van der Waals surface area contributed by atoms with Crippen molar-refractivity contribution < 1.29 is 23.2 Å². The first kappa shape index (κ1) is 20.5. The third kappa shape index (κ3) is 4.18. The summed E-state index contributed by atoms with van der Waals surface area (Å²) in [7, 11) is 0. The van der Waals surface area contributed by atoms with Crippen LogP contribution < -0.4 is 0 Å². The predicted octanol–water partition coefficient (Wildman–Crippen LogP) is 4.84. The van der Waals surface area contributed by atoms with E-state index in [9.17, 15) is 9.59 Å². The Balaban J connectivity index is 1.37. The molecule has 3 aromatic rings. The molecule has 1 aliphatic carbocycles. The fourth-order valence-corrected chi connectivity index (χ4v) is 5.00. The zero-order chi connectivity index (χ0) is 21.9. The normalized spacial score (nSPS) is 21.4. The molecule has 2 aliphatic rings. The van der Waals surface area contributed by atoms with Gasteiger partial charge >= 0.3 is 5.97 Å². The van der Waals surface area contributed by atoms with Gasteiger partial charge < -0.3 is 13.6 Å². The molecule has 1 aliphatic heterocycles. The number of ether oxygens (including phenoxy) is 1. The zero-order valence-electron chi connectivity index (χ0n) is 17.3. The number of rotatable bonds is 6. The maximum Gasteiger partial charge on any atom is 0.311 e. The minimum Gasteiger partial charge on any atom is -0.467 e. The standard InChI is InChI=1S/C24H22N2O5S/c27-21(15-31-22(28)14-18-7-4-12-32-18)26-24(20-9-3-11-30-20)19-8-1-5-16(23(19)25-26)13-17-6-2-10-29-17/h2-4,6-7,9-13,19,24H,1,5,8,14-15H2/b16-13+. The minimum atomic E-state index is -0.432. The molecule has 1 saturated carbocycles. The quantitative estimate of drug-likeness (QED) is 0.502. The average molecular weight is 451 g/mol. The molecule has 1 amide bonds. The number of carbonyl (C=O) groups excluding carboxylic acids is 2. The number of nitrogens with zero attached hydrogens (tertiary/aromatic N) is 2. The number of thiophene rings is 1. The number of amides is 1. The number of allylic oxidation sites excluding steroid dienone is 1. The van der Waals surface area contributed by atoms with Crippen molar-refractivity contribution in [3.63, 3.8) is 0 Å². The van der Waals surface area contributed by atoms with Crippen LogP contribution in [-0.2, 0) is 20.7 Å². The fraction of sp³-hybridized carbons (Fsp3) is 0.292. The van der Waals surface area contributed by atoms with Gasteiger partial charge in [-0.1, -0.05) is 6.07 Å². The Kier molecular flexibility index (Phi) is 5.77. The van der Waals surface area contributed by atoms with Crippen LogP contribution in [0.2, 0.25) is 0 Å². The van der Waals surface area contributed by atoms with Crippen molar-refractivity contribution in [2.75, 3.05) is 6.61 Å². The van der Waals surface area contributed by atoms with E-state index in [1.165, 1.54) is 16.3 Å². The molecule has 2 unspecified atom stereocenters. The number of hydrogen-bond acceptors (Lipinski definition) is 7. The second-order valence-electron chi connectivity index (χ2n) is 7.78. The summed E-state index contributed by atoms with van der Waals surface area (Å²) in [4.78, 5) is 26.1. The van der Waals surface area contributed by atoms with E-state index in [1.807, 2.05) is 41.8 Å². The van der Waals surface area contributed by atoms with Crippen LogP contribution in [-0.4, -0.2) is 29.2 Å². The second kappa shape index (κ2) is 9.00. The van der Waals surface area contributed by atoms with Crippen LogP contribution in [0.25, 0.3) is 6.08 Å².